The Morgan fingerprint density at radius 2 is 2.18 bits per heavy atom. The third-order valence-corrected chi connectivity index (χ3v) is 5.65. The largest absolute Gasteiger partial charge is 0.352 e. The van der Waals surface area contributed by atoms with E-state index in [2.05, 4.69) is 52.4 Å². The Bertz CT molecular complexity index is 473. The average Bonchev–Trinajstić information content (AvgIpc) is 2.32. The van der Waals surface area contributed by atoms with E-state index >= 15 is 0 Å². The highest BCUT2D eigenvalue weighted by Crippen LogP contribution is 2.45. The highest BCUT2D eigenvalue weighted by Gasteiger charge is 2.49. The van der Waals surface area contributed by atoms with Crippen molar-refractivity contribution in [3.8, 4) is 0 Å². The van der Waals surface area contributed by atoms with E-state index in [9.17, 15) is 4.79 Å². The molecule has 1 amide bonds. The topological polar surface area (TPSA) is 29.1 Å². The van der Waals surface area contributed by atoms with Crippen molar-refractivity contribution in [3.05, 3.63) is 35.4 Å². The Hall–Kier alpha value is -0.830. The fourth-order valence-corrected chi connectivity index (χ4v) is 4.15. The molecule has 2 nitrogen and oxygen atoms in total. The van der Waals surface area contributed by atoms with Crippen LogP contribution in [0.15, 0.2) is 24.3 Å². The number of hydrogen-bond acceptors (Lipinski definition) is 1. The zero-order valence-corrected chi connectivity index (χ0v) is 11.5. The molecule has 1 aliphatic carbocycles. The number of piperidine rings is 1. The van der Waals surface area contributed by atoms with Crippen LogP contribution >= 0.6 is 15.9 Å². The van der Waals surface area contributed by atoms with Crippen LogP contribution in [-0.4, -0.2) is 16.8 Å². The number of amides is 1. The lowest BCUT2D eigenvalue weighted by atomic mass is 9.64. The molecule has 1 N–H and O–H groups in total. The minimum absolute atomic E-state index is 0.0305. The average molecular weight is 294 g/mol. The lowest BCUT2D eigenvalue weighted by molar-refractivity contribution is -0.124. The van der Waals surface area contributed by atoms with Crippen molar-refractivity contribution in [2.24, 2.45) is 0 Å². The molecule has 1 saturated heterocycles. The van der Waals surface area contributed by atoms with Crippen molar-refractivity contribution in [2.75, 3.05) is 0 Å². The van der Waals surface area contributed by atoms with Gasteiger partial charge in [0.1, 0.15) is 0 Å². The van der Waals surface area contributed by atoms with Crippen molar-refractivity contribution in [3.63, 3.8) is 0 Å². The van der Waals surface area contributed by atoms with Gasteiger partial charge in [0.05, 0.1) is 0 Å². The minimum Gasteiger partial charge on any atom is -0.352 e. The Labute approximate surface area is 110 Å². The van der Waals surface area contributed by atoms with E-state index in [0.29, 0.717) is 6.42 Å². The molecule has 17 heavy (non-hydrogen) atoms. The van der Waals surface area contributed by atoms with Gasteiger partial charge in [0, 0.05) is 22.7 Å². The van der Waals surface area contributed by atoms with Gasteiger partial charge in [-0.3, -0.25) is 4.79 Å². The number of fused-ring (bicyclic) bond motifs is 3. The van der Waals surface area contributed by atoms with Gasteiger partial charge >= 0.3 is 0 Å². The summed E-state index contributed by atoms with van der Waals surface area (Å²) in [5.74, 6) is 0.175. The Morgan fingerprint density at radius 3 is 3.00 bits per heavy atom. The molecule has 0 radical (unpaired) electrons. The van der Waals surface area contributed by atoms with E-state index < -0.39 is 0 Å². The lowest BCUT2D eigenvalue weighted by Crippen LogP contribution is -2.60. The second kappa shape index (κ2) is 3.84. The summed E-state index contributed by atoms with van der Waals surface area (Å²) in [6.07, 6.45) is 2.68. The number of hydrogen-bond donors (Lipinski definition) is 1. The summed E-state index contributed by atoms with van der Waals surface area (Å²) in [4.78, 5) is 11.9. The van der Waals surface area contributed by atoms with E-state index in [1.807, 2.05) is 0 Å². The molecule has 3 atom stereocenters. The van der Waals surface area contributed by atoms with E-state index in [1.54, 1.807) is 0 Å². The zero-order chi connectivity index (χ0) is 12.0. The molecule has 2 aliphatic rings. The number of carbonyl (C=O) groups is 1. The summed E-state index contributed by atoms with van der Waals surface area (Å²) in [5, 5.41) is 3.16. The fraction of sp³-hybridized carbons (Fsp3) is 0.500. The zero-order valence-electron chi connectivity index (χ0n) is 9.87. The van der Waals surface area contributed by atoms with Gasteiger partial charge in [0.15, 0.2) is 0 Å². The van der Waals surface area contributed by atoms with Gasteiger partial charge in [0.25, 0.3) is 0 Å². The van der Waals surface area contributed by atoms with Gasteiger partial charge < -0.3 is 5.32 Å². The smallest absolute Gasteiger partial charge is 0.221 e. The normalized spacial score (nSPS) is 35.8. The Balaban J connectivity index is 2.12. The molecule has 1 aromatic rings. The van der Waals surface area contributed by atoms with Crippen LogP contribution < -0.4 is 5.32 Å². The quantitative estimate of drug-likeness (QED) is 0.732. The predicted molar refractivity (Wildman–Crippen MR) is 71.4 cm³/mol. The molecule has 0 saturated carbocycles. The number of carbonyl (C=O) groups excluding carboxylic acids is 1. The maximum absolute atomic E-state index is 11.6. The molecular weight excluding hydrogens is 278 g/mol. The number of aryl methyl sites for hydroxylation is 1. The third kappa shape index (κ3) is 1.55. The highest BCUT2D eigenvalue weighted by atomic mass is 79.9. The molecule has 90 valence electrons. The van der Waals surface area contributed by atoms with E-state index in [0.717, 1.165) is 12.8 Å². The highest BCUT2D eigenvalue weighted by molar-refractivity contribution is 9.09. The SMILES string of the molecule is CC12c3ccccc3CCC1NC(=O)CC2Br. The van der Waals surface area contributed by atoms with Gasteiger partial charge in [-0.05, 0) is 24.0 Å². The molecule has 3 unspecified atom stereocenters. The van der Waals surface area contributed by atoms with E-state index in [4.69, 9.17) is 0 Å². The van der Waals surface area contributed by atoms with Gasteiger partial charge in [-0.2, -0.15) is 0 Å². The van der Waals surface area contributed by atoms with Crippen LogP contribution in [0.2, 0.25) is 0 Å². The van der Waals surface area contributed by atoms with E-state index in [-0.39, 0.29) is 22.2 Å². The standard InChI is InChI=1S/C14H16BrNO/c1-14-10-5-3-2-4-9(10)6-7-12(14)16-13(17)8-11(14)15/h2-5,11-12H,6-8H2,1H3,(H,16,17). The Morgan fingerprint density at radius 1 is 1.41 bits per heavy atom. The van der Waals surface area contributed by atoms with Crippen molar-refractivity contribution in [2.45, 2.75) is 42.5 Å². The molecule has 0 aromatic heterocycles. The molecule has 3 heteroatoms. The van der Waals surface area contributed by atoms with Crippen LogP contribution in [0.25, 0.3) is 0 Å². The molecule has 1 aromatic carbocycles. The third-order valence-electron chi connectivity index (χ3n) is 4.37. The maximum atomic E-state index is 11.6. The van der Waals surface area contributed by atoms with Gasteiger partial charge in [0.2, 0.25) is 5.91 Å². The van der Waals surface area contributed by atoms with Crippen LogP contribution in [0.1, 0.15) is 30.9 Å². The number of rotatable bonds is 0. The maximum Gasteiger partial charge on any atom is 0.221 e. The van der Waals surface area contributed by atoms with Crippen molar-refractivity contribution < 1.29 is 4.79 Å². The summed E-state index contributed by atoms with van der Waals surface area (Å²) < 4.78 is 0. The molecule has 0 bridgehead atoms. The number of nitrogens with one attached hydrogen (secondary N) is 1. The minimum atomic E-state index is 0.0305. The van der Waals surface area contributed by atoms with Crippen LogP contribution in [0.5, 0.6) is 0 Å². The van der Waals surface area contributed by atoms with Crippen LogP contribution in [-0.2, 0) is 16.6 Å². The first-order valence-corrected chi connectivity index (χ1v) is 7.05. The monoisotopic (exact) mass is 293 g/mol. The summed E-state index contributed by atoms with van der Waals surface area (Å²) in [5.41, 5.74) is 2.87. The van der Waals surface area contributed by atoms with Crippen molar-refractivity contribution in [1.82, 2.24) is 5.32 Å². The van der Waals surface area contributed by atoms with E-state index in [1.165, 1.54) is 11.1 Å². The molecule has 1 aliphatic heterocycles. The predicted octanol–water partition coefficient (Wildman–Crippen LogP) is 2.54. The summed E-state index contributed by atoms with van der Waals surface area (Å²) >= 11 is 3.74. The first kappa shape index (κ1) is 11.3. The van der Waals surface area contributed by atoms with Crippen molar-refractivity contribution >= 4 is 21.8 Å². The Kier molecular flexibility index (Phi) is 2.54. The first-order chi connectivity index (χ1) is 8.12. The van der Waals surface area contributed by atoms with Gasteiger partial charge in [-0.15, -0.1) is 0 Å². The van der Waals surface area contributed by atoms with Crippen LogP contribution in [0.3, 0.4) is 0 Å². The molecule has 3 rings (SSSR count). The van der Waals surface area contributed by atoms with Crippen molar-refractivity contribution in [1.29, 1.82) is 0 Å². The number of alkyl halides is 1. The van der Waals surface area contributed by atoms with Crippen LogP contribution in [0.4, 0.5) is 0 Å². The molecular formula is C14H16BrNO. The molecule has 0 spiro atoms. The number of halogens is 1. The number of benzene rings is 1. The first-order valence-electron chi connectivity index (χ1n) is 6.14. The molecule has 1 fully saturated rings. The summed E-state index contributed by atoms with van der Waals surface area (Å²) in [6.45, 7) is 2.27. The lowest BCUT2D eigenvalue weighted by Gasteiger charge is -2.49. The fourth-order valence-electron chi connectivity index (χ4n) is 3.29. The second-order valence-electron chi connectivity index (χ2n) is 5.27. The van der Waals surface area contributed by atoms with Crippen LogP contribution in [0, 0.1) is 0 Å². The second-order valence-corrected chi connectivity index (χ2v) is 6.38. The summed E-state index contributed by atoms with van der Waals surface area (Å²) in [6, 6.07) is 8.90. The molecule has 1 heterocycles. The van der Waals surface area contributed by atoms with Gasteiger partial charge in [-0.25, -0.2) is 0 Å². The summed E-state index contributed by atoms with van der Waals surface area (Å²) in [7, 11) is 0. The van der Waals surface area contributed by atoms with Gasteiger partial charge in [-0.1, -0.05) is 47.1 Å².